The molecule has 0 radical (unpaired) electrons. The Morgan fingerprint density at radius 2 is 1.63 bits per heavy atom. The fourth-order valence-corrected chi connectivity index (χ4v) is 2.87. The summed E-state index contributed by atoms with van der Waals surface area (Å²) in [6, 6.07) is 24.1. The number of benzene rings is 3. The maximum absolute atomic E-state index is 12.5. The summed E-state index contributed by atoms with van der Waals surface area (Å²) >= 11 is 0. The summed E-state index contributed by atoms with van der Waals surface area (Å²) in [5.41, 5.74) is 4.07. The molecule has 3 aromatic carbocycles. The van der Waals surface area contributed by atoms with Crippen LogP contribution in [0.2, 0.25) is 0 Å². The van der Waals surface area contributed by atoms with Gasteiger partial charge in [0.2, 0.25) is 5.76 Å². The Kier molecular flexibility index (Phi) is 6.49. The van der Waals surface area contributed by atoms with E-state index >= 15 is 0 Å². The van der Waals surface area contributed by atoms with Crippen LogP contribution in [0, 0.1) is 0 Å². The number of para-hydroxylation sites is 1. The number of amides is 2. The van der Waals surface area contributed by atoms with Crippen molar-refractivity contribution in [2.24, 2.45) is 0 Å². The molecule has 0 heterocycles. The predicted molar refractivity (Wildman–Crippen MR) is 118 cm³/mol. The number of carboxylic acids is 1. The average Bonchev–Trinajstić information content (AvgIpc) is 2.78. The highest BCUT2D eigenvalue weighted by Gasteiger charge is 2.12. The van der Waals surface area contributed by atoms with Crippen LogP contribution in [0.15, 0.2) is 84.6 Å². The normalized spacial score (nSPS) is 10.9. The van der Waals surface area contributed by atoms with E-state index < -0.39 is 5.97 Å². The van der Waals surface area contributed by atoms with Crippen molar-refractivity contribution in [1.82, 2.24) is 0 Å². The highest BCUT2D eigenvalue weighted by atomic mass is 16.5. The standard InChI is InChI=1S/C24H22N2O4/c1-26(24(29)25-20-8-4-3-5-9-20)21-10-6-7-19(16-21)18-13-11-17(12-14-18)15-22(30-2)23(27)28/h3-16H,1-2H3,(H,25,29)(H,27,28). The fourth-order valence-electron chi connectivity index (χ4n) is 2.87. The molecule has 6 heteroatoms. The molecule has 0 aliphatic heterocycles. The van der Waals surface area contributed by atoms with E-state index in [1.54, 1.807) is 11.9 Å². The van der Waals surface area contributed by atoms with Crippen molar-refractivity contribution in [3.05, 3.63) is 90.2 Å². The molecule has 0 aliphatic carbocycles. The smallest absolute Gasteiger partial charge is 0.371 e. The number of carbonyl (C=O) groups is 2. The molecule has 3 rings (SSSR count). The van der Waals surface area contributed by atoms with Gasteiger partial charge in [0.05, 0.1) is 7.11 Å². The number of nitrogens with zero attached hydrogens (tertiary/aromatic N) is 1. The van der Waals surface area contributed by atoms with E-state index in [4.69, 9.17) is 9.84 Å². The van der Waals surface area contributed by atoms with Gasteiger partial charge in [-0.3, -0.25) is 4.90 Å². The second-order valence-electron chi connectivity index (χ2n) is 6.55. The molecular formula is C24H22N2O4. The Morgan fingerprint density at radius 1 is 0.933 bits per heavy atom. The molecule has 30 heavy (non-hydrogen) atoms. The SMILES string of the molecule is COC(=Cc1ccc(-c2cccc(N(C)C(=O)Nc3ccccc3)c2)cc1)C(=O)O. The number of carboxylic acid groups (broad SMARTS) is 1. The molecule has 0 aromatic heterocycles. The van der Waals surface area contributed by atoms with E-state index in [9.17, 15) is 9.59 Å². The molecule has 0 atom stereocenters. The summed E-state index contributed by atoms with van der Waals surface area (Å²) in [5, 5.41) is 11.9. The van der Waals surface area contributed by atoms with Crippen LogP contribution in [0.5, 0.6) is 0 Å². The molecule has 0 fully saturated rings. The molecule has 0 unspecified atom stereocenters. The Morgan fingerprint density at radius 3 is 2.27 bits per heavy atom. The molecular weight excluding hydrogens is 380 g/mol. The van der Waals surface area contributed by atoms with Gasteiger partial charge in [-0.15, -0.1) is 0 Å². The van der Waals surface area contributed by atoms with E-state index in [1.165, 1.54) is 13.2 Å². The Hall–Kier alpha value is -4.06. The van der Waals surface area contributed by atoms with Crippen molar-refractivity contribution < 1.29 is 19.4 Å². The van der Waals surface area contributed by atoms with Crippen LogP contribution in [-0.2, 0) is 9.53 Å². The second kappa shape index (κ2) is 9.43. The lowest BCUT2D eigenvalue weighted by Crippen LogP contribution is -2.31. The first kappa shape index (κ1) is 20.7. The first-order valence-corrected chi connectivity index (χ1v) is 9.27. The monoisotopic (exact) mass is 402 g/mol. The number of ether oxygens (including phenoxy) is 1. The second-order valence-corrected chi connectivity index (χ2v) is 6.55. The zero-order valence-corrected chi connectivity index (χ0v) is 16.7. The number of anilines is 2. The molecule has 2 N–H and O–H groups in total. The summed E-state index contributed by atoms with van der Waals surface area (Å²) in [7, 11) is 3.04. The van der Waals surface area contributed by atoms with Crippen molar-refractivity contribution in [3.63, 3.8) is 0 Å². The summed E-state index contributed by atoms with van der Waals surface area (Å²) in [5.74, 6) is -1.25. The number of hydrogen-bond donors (Lipinski definition) is 2. The summed E-state index contributed by atoms with van der Waals surface area (Å²) < 4.78 is 4.86. The minimum absolute atomic E-state index is 0.129. The van der Waals surface area contributed by atoms with Crippen LogP contribution in [0.25, 0.3) is 17.2 Å². The van der Waals surface area contributed by atoms with Crippen LogP contribution >= 0.6 is 0 Å². The van der Waals surface area contributed by atoms with Gasteiger partial charge in [-0.2, -0.15) is 0 Å². The molecule has 3 aromatic rings. The van der Waals surface area contributed by atoms with E-state index in [0.717, 1.165) is 22.5 Å². The maximum Gasteiger partial charge on any atom is 0.371 e. The summed E-state index contributed by atoms with van der Waals surface area (Å²) in [4.78, 5) is 25.2. The van der Waals surface area contributed by atoms with Gasteiger partial charge in [-0.1, -0.05) is 54.6 Å². The lowest BCUT2D eigenvalue weighted by atomic mass is 10.0. The van der Waals surface area contributed by atoms with Gasteiger partial charge in [0, 0.05) is 18.4 Å². The van der Waals surface area contributed by atoms with Crippen molar-refractivity contribution in [2.45, 2.75) is 0 Å². The van der Waals surface area contributed by atoms with Gasteiger partial charge in [0.1, 0.15) is 0 Å². The zero-order valence-electron chi connectivity index (χ0n) is 16.7. The molecule has 0 saturated heterocycles. The van der Waals surface area contributed by atoms with Crippen molar-refractivity contribution in [2.75, 3.05) is 24.4 Å². The number of urea groups is 1. The maximum atomic E-state index is 12.5. The first-order valence-electron chi connectivity index (χ1n) is 9.27. The molecule has 0 aliphatic rings. The number of rotatable bonds is 6. The largest absolute Gasteiger partial charge is 0.490 e. The van der Waals surface area contributed by atoms with Gasteiger partial charge < -0.3 is 15.2 Å². The Bertz CT molecular complexity index is 1060. The predicted octanol–water partition coefficient (Wildman–Crippen LogP) is 5.09. The lowest BCUT2D eigenvalue weighted by molar-refractivity contribution is -0.135. The van der Waals surface area contributed by atoms with Gasteiger partial charge >= 0.3 is 12.0 Å². The van der Waals surface area contributed by atoms with E-state index in [0.29, 0.717) is 5.56 Å². The minimum atomic E-state index is -1.12. The molecule has 0 saturated carbocycles. The highest BCUT2D eigenvalue weighted by Crippen LogP contribution is 2.25. The van der Waals surface area contributed by atoms with Crippen LogP contribution in [0.3, 0.4) is 0 Å². The highest BCUT2D eigenvalue weighted by molar-refractivity contribution is 6.01. The molecule has 6 nitrogen and oxygen atoms in total. The molecule has 0 bridgehead atoms. The number of methoxy groups -OCH3 is 1. The summed E-state index contributed by atoms with van der Waals surface area (Å²) in [6.07, 6.45) is 1.46. The number of aliphatic carboxylic acids is 1. The topological polar surface area (TPSA) is 78.9 Å². The van der Waals surface area contributed by atoms with Crippen LogP contribution in [0.4, 0.5) is 16.2 Å². The number of nitrogens with one attached hydrogen (secondary N) is 1. The van der Waals surface area contributed by atoms with Crippen molar-refractivity contribution in [3.8, 4) is 11.1 Å². The molecule has 2 amide bonds. The Labute approximate surface area is 175 Å². The third-order valence-electron chi connectivity index (χ3n) is 4.54. The quantitative estimate of drug-likeness (QED) is 0.444. The lowest BCUT2D eigenvalue weighted by Gasteiger charge is -2.19. The van der Waals surface area contributed by atoms with E-state index in [1.807, 2.05) is 78.9 Å². The van der Waals surface area contributed by atoms with Crippen LogP contribution in [0.1, 0.15) is 5.56 Å². The van der Waals surface area contributed by atoms with Gasteiger partial charge in [-0.05, 0) is 47.0 Å². The molecule has 0 spiro atoms. The van der Waals surface area contributed by atoms with Crippen molar-refractivity contribution in [1.29, 1.82) is 0 Å². The molecule has 152 valence electrons. The fraction of sp³-hybridized carbons (Fsp3) is 0.0833. The van der Waals surface area contributed by atoms with E-state index in [2.05, 4.69) is 5.32 Å². The van der Waals surface area contributed by atoms with Crippen LogP contribution in [-0.4, -0.2) is 31.3 Å². The van der Waals surface area contributed by atoms with Gasteiger partial charge in [0.15, 0.2) is 0 Å². The zero-order chi connectivity index (χ0) is 21.5. The average molecular weight is 402 g/mol. The third kappa shape index (κ3) is 5.05. The minimum Gasteiger partial charge on any atom is -0.490 e. The van der Waals surface area contributed by atoms with Gasteiger partial charge in [-0.25, -0.2) is 9.59 Å². The van der Waals surface area contributed by atoms with Crippen molar-refractivity contribution >= 4 is 29.5 Å². The number of hydrogen-bond acceptors (Lipinski definition) is 3. The summed E-state index contributed by atoms with van der Waals surface area (Å²) in [6.45, 7) is 0. The third-order valence-corrected chi connectivity index (χ3v) is 4.54. The first-order chi connectivity index (χ1) is 14.5. The number of carbonyl (C=O) groups excluding carboxylic acids is 1. The van der Waals surface area contributed by atoms with Crippen LogP contribution < -0.4 is 10.2 Å². The van der Waals surface area contributed by atoms with Gasteiger partial charge in [0.25, 0.3) is 0 Å². The van der Waals surface area contributed by atoms with E-state index in [-0.39, 0.29) is 11.8 Å². The Balaban J connectivity index is 1.78.